The number of hydrogen-bond acceptors (Lipinski definition) is 6. The molecule has 1 atom stereocenters. The normalized spacial score (nSPS) is 17.2. The number of hydrogen-bond donors (Lipinski definition) is 1. The van der Waals surface area contributed by atoms with Crippen LogP contribution in [0.15, 0.2) is 91.0 Å². The minimum atomic E-state index is -0.871. The third-order valence-electron chi connectivity index (χ3n) is 5.77. The molecule has 0 spiro atoms. The first kappa shape index (κ1) is 22.6. The molecule has 1 N–H and O–H groups in total. The van der Waals surface area contributed by atoms with Crippen LogP contribution in [-0.2, 0) is 9.59 Å². The molecule has 1 unspecified atom stereocenters. The third kappa shape index (κ3) is 4.11. The predicted molar refractivity (Wildman–Crippen MR) is 138 cm³/mol. The average molecular weight is 483 g/mol. The van der Waals surface area contributed by atoms with Crippen LogP contribution in [0.2, 0.25) is 0 Å². The van der Waals surface area contributed by atoms with E-state index in [-0.39, 0.29) is 11.3 Å². The second-order valence-electron chi connectivity index (χ2n) is 8.17. The maximum atomic E-state index is 13.4. The summed E-state index contributed by atoms with van der Waals surface area (Å²) in [5.41, 5.74) is 2.90. The molecule has 1 aliphatic heterocycles. The van der Waals surface area contributed by atoms with E-state index in [0.717, 1.165) is 15.8 Å². The van der Waals surface area contributed by atoms with E-state index >= 15 is 0 Å². The van der Waals surface area contributed by atoms with Crippen LogP contribution in [0.4, 0.5) is 5.13 Å². The zero-order valence-corrected chi connectivity index (χ0v) is 19.8. The number of amides is 1. The molecule has 7 heteroatoms. The maximum absolute atomic E-state index is 13.4. The molecule has 1 aliphatic rings. The highest BCUT2D eigenvalue weighted by molar-refractivity contribution is 7.22. The van der Waals surface area contributed by atoms with Gasteiger partial charge in [-0.3, -0.25) is 14.5 Å². The van der Waals surface area contributed by atoms with Gasteiger partial charge >= 0.3 is 5.91 Å². The van der Waals surface area contributed by atoms with Crippen molar-refractivity contribution >= 4 is 44.1 Å². The standard InChI is InChI=1S/C28H22N2O4S/c1-3-14-34-20-11-7-10-19(16-20)24-23(25(31)18-8-5-4-6-9-18)26(32)27(33)30(24)28-29-21-13-12-17(2)15-22(21)35-28/h3-13,15-16,24,31H,1,14H2,2H3/b25-23+. The van der Waals surface area contributed by atoms with E-state index in [1.54, 1.807) is 54.6 Å². The van der Waals surface area contributed by atoms with Gasteiger partial charge in [0, 0.05) is 5.56 Å². The van der Waals surface area contributed by atoms with Gasteiger partial charge in [0.25, 0.3) is 5.78 Å². The summed E-state index contributed by atoms with van der Waals surface area (Å²) in [5, 5.41) is 11.6. The lowest BCUT2D eigenvalue weighted by molar-refractivity contribution is -0.132. The maximum Gasteiger partial charge on any atom is 0.301 e. The molecule has 1 amide bonds. The zero-order valence-electron chi connectivity index (χ0n) is 19.0. The quantitative estimate of drug-likeness (QED) is 0.163. The van der Waals surface area contributed by atoms with Crippen LogP contribution >= 0.6 is 11.3 Å². The predicted octanol–water partition coefficient (Wildman–Crippen LogP) is 5.80. The molecule has 1 aromatic heterocycles. The van der Waals surface area contributed by atoms with Gasteiger partial charge in [0.1, 0.15) is 18.1 Å². The van der Waals surface area contributed by atoms with E-state index in [4.69, 9.17) is 4.74 Å². The summed E-state index contributed by atoms with van der Waals surface area (Å²) >= 11 is 1.33. The summed E-state index contributed by atoms with van der Waals surface area (Å²) in [6, 6.07) is 20.9. The number of carbonyl (C=O) groups is 2. The Morgan fingerprint density at radius 1 is 1.11 bits per heavy atom. The van der Waals surface area contributed by atoms with Crippen LogP contribution in [0, 0.1) is 6.92 Å². The number of ether oxygens (including phenoxy) is 1. The molecule has 2 heterocycles. The number of aliphatic hydroxyl groups is 1. The fourth-order valence-corrected chi connectivity index (χ4v) is 5.24. The van der Waals surface area contributed by atoms with Crippen LogP contribution in [0.5, 0.6) is 5.75 Å². The molecule has 6 nitrogen and oxygen atoms in total. The first-order valence-corrected chi connectivity index (χ1v) is 11.9. The monoisotopic (exact) mass is 482 g/mol. The molecule has 1 fully saturated rings. The minimum absolute atomic E-state index is 0.0116. The van der Waals surface area contributed by atoms with E-state index in [1.807, 2.05) is 31.2 Å². The van der Waals surface area contributed by atoms with E-state index in [0.29, 0.717) is 28.6 Å². The van der Waals surface area contributed by atoms with Crippen LogP contribution in [-0.4, -0.2) is 28.4 Å². The molecule has 0 saturated carbocycles. The number of carbonyl (C=O) groups excluding carboxylic acids is 2. The average Bonchev–Trinajstić information content (AvgIpc) is 3.40. The molecule has 3 aromatic carbocycles. The largest absolute Gasteiger partial charge is 0.507 e. The number of aryl methyl sites for hydroxylation is 1. The highest BCUT2D eigenvalue weighted by Gasteiger charge is 2.48. The minimum Gasteiger partial charge on any atom is -0.507 e. The number of anilines is 1. The summed E-state index contributed by atoms with van der Waals surface area (Å²) in [7, 11) is 0. The van der Waals surface area contributed by atoms with Crippen molar-refractivity contribution in [3.05, 3.63) is 108 Å². The molecule has 0 aliphatic carbocycles. The van der Waals surface area contributed by atoms with Crippen LogP contribution < -0.4 is 9.64 Å². The van der Waals surface area contributed by atoms with Gasteiger partial charge in [-0.05, 0) is 42.3 Å². The smallest absolute Gasteiger partial charge is 0.301 e. The van der Waals surface area contributed by atoms with Crippen molar-refractivity contribution in [2.75, 3.05) is 11.5 Å². The summed E-state index contributed by atoms with van der Waals surface area (Å²) < 4.78 is 6.60. The molecule has 0 radical (unpaired) electrons. The van der Waals surface area contributed by atoms with Crippen molar-refractivity contribution in [1.82, 2.24) is 4.98 Å². The molecular formula is C28H22N2O4S. The zero-order chi connectivity index (χ0) is 24.5. The number of Topliss-reactive ketones (excluding diaryl/α,β-unsaturated/α-hetero) is 1. The van der Waals surface area contributed by atoms with Gasteiger partial charge in [0.2, 0.25) is 0 Å². The molecule has 1 saturated heterocycles. The summed E-state index contributed by atoms with van der Waals surface area (Å²) in [6.07, 6.45) is 1.64. The SMILES string of the molecule is C=CCOc1cccc(C2/C(=C(\O)c3ccccc3)C(=O)C(=O)N2c2nc3ccc(C)cc3s2)c1. The lowest BCUT2D eigenvalue weighted by atomic mass is 9.95. The van der Waals surface area contributed by atoms with Crippen LogP contribution in [0.3, 0.4) is 0 Å². The van der Waals surface area contributed by atoms with Crippen molar-refractivity contribution in [3.63, 3.8) is 0 Å². The van der Waals surface area contributed by atoms with Crippen molar-refractivity contribution < 1.29 is 19.4 Å². The summed E-state index contributed by atoms with van der Waals surface area (Å²) in [6.45, 7) is 5.97. The Morgan fingerprint density at radius 3 is 2.69 bits per heavy atom. The highest BCUT2D eigenvalue weighted by Crippen LogP contribution is 2.44. The van der Waals surface area contributed by atoms with E-state index < -0.39 is 17.7 Å². The van der Waals surface area contributed by atoms with Gasteiger partial charge in [-0.25, -0.2) is 4.98 Å². The van der Waals surface area contributed by atoms with Gasteiger partial charge in [0.05, 0.1) is 21.8 Å². The molecule has 4 aromatic rings. The number of ketones is 1. The summed E-state index contributed by atoms with van der Waals surface area (Å²) in [4.78, 5) is 32.8. The first-order chi connectivity index (χ1) is 17.0. The Labute approximate surface area is 206 Å². The number of fused-ring (bicyclic) bond motifs is 1. The first-order valence-electron chi connectivity index (χ1n) is 11.0. The van der Waals surface area contributed by atoms with Crippen molar-refractivity contribution in [2.45, 2.75) is 13.0 Å². The topological polar surface area (TPSA) is 79.7 Å². The number of rotatable bonds is 6. The Morgan fingerprint density at radius 2 is 1.91 bits per heavy atom. The molecule has 174 valence electrons. The summed E-state index contributed by atoms with van der Waals surface area (Å²) in [5.74, 6) is -1.16. The van der Waals surface area contributed by atoms with Crippen molar-refractivity contribution in [1.29, 1.82) is 0 Å². The van der Waals surface area contributed by atoms with Crippen molar-refractivity contribution in [2.24, 2.45) is 0 Å². The Bertz CT molecular complexity index is 1490. The Kier molecular flexibility index (Phi) is 5.93. The highest BCUT2D eigenvalue weighted by atomic mass is 32.1. The van der Waals surface area contributed by atoms with Gasteiger partial charge in [-0.1, -0.05) is 72.5 Å². The van der Waals surface area contributed by atoms with Crippen molar-refractivity contribution in [3.8, 4) is 5.75 Å². The number of aromatic nitrogens is 1. The lowest BCUT2D eigenvalue weighted by Gasteiger charge is -2.23. The van der Waals surface area contributed by atoms with Crippen LogP contribution in [0.25, 0.3) is 16.0 Å². The Balaban J connectivity index is 1.71. The van der Waals surface area contributed by atoms with E-state index in [2.05, 4.69) is 11.6 Å². The fourth-order valence-electron chi connectivity index (χ4n) is 4.15. The number of thiazole rings is 1. The molecule has 5 rings (SSSR count). The number of aliphatic hydroxyl groups excluding tert-OH is 1. The van der Waals surface area contributed by atoms with Crippen LogP contribution in [0.1, 0.15) is 22.7 Å². The molecule has 35 heavy (non-hydrogen) atoms. The number of nitrogens with zero attached hydrogens (tertiary/aromatic N) is 2. The van der Waals surface area contributed by atoms with E-state index in [9.17, 15) is 14.7 Å². The second kappa shape index (κ2) is 9.19. The number of benzene rings is 3. The van der Waals surface area contributed by atoms with E-state index in [1.165, 1.54) is 16.2 Å². The Hall–Kier alpha value is -4.23. The fraction of sp³-hybridized carbons (Fsp3) is 0.107. The van der Waals surface area contributed by atoms with Gasteiger partial charge in [-0.2, -0.15) is 0 Å². The molecule has 0 bridgehead atoms. The third-order valence-corrected chi connectivity index (χ3v) is 6.79. The van der Waals surface area contributed by atoms with Gasteiger partial charge in [-0.15, -0.1) is 0 Å². The van der Waals surface area contributed by atoms with Gasteiger partial charge in [0.15, 0.2) is 5.13 Å². The van der Waals surface area contributed by atoms with Gasteiger partial charge < -0.3 is 9.84 Å². The second-order valence-corrected chi connectivity index (χ2v) is 9.18. The molecular weight excluding hydrogens is 460 g/mol. The lowest BCUT2D eigenvalue weighted by Crippen LogP contribution is -2.29.